The Hall–Kier alpha value is -1.75. The maximum absolute atomic E-state index is 10.9. The van der Waals surface area contributed by atoms with Crippen molar-refractivity contribution in [1.82, 2.24) is 0 Å². The largest absolute Gasteiger partial charge is 0.493 e. The van der Waals surface area contributed by atoms with E-state index in [0.29, 0.717) is 6.61 Å². The predicted octanol–water partition coefficient (Wildman–Crippen LogP) is 0.746. The molecule has 1 aromatic rings. The van der Waals surface area contributed by atoms with Crippen molar-refractivity contribution in [1.29, 1.82) is 0 Å². The molecular weight excluding hydrogens is 272 g/mol. The molecule has 0 radical (unpaired) electrons. The van der Waals surface area contributed by atoms with Gasteiger partial charge in [0.15, 0.2) is 11.5 Å². The summed E-state index contributed by atoms with van der Waals surface area (Å²) in [5.74, 6) is 1.29. The molecule has 0 spiro atoms. The van der Waals surface area contributed by atoms with E-state index in [1.165, 1.54) is 11.3 Å². The molecule has 0 aliphatic carbocycles. The van der Waals surface area contributed by atoms with Gasteiger partial charge < -0.3 is 14.2 Å². The molecule has 1 rings (SSSR count). The maximum Gasteiger partial charge on any atom is 0.330 e. The van der Waals surface area contributed by atoms with E-state index in [1.807, 2.05) is 0 Å². The molecule has 0 amide bonds. The average molecular weight is 294 g/mol. The van der Waals surface area contributed by atoms with Crippen molar-refractivity contribution in [2.24, 2.45) is 0 Å². The zero-order chi connectivity index (χ0) is 15.0. The Kier molecular flexibility index (Phi) is 6.87. The Morgan fingerprint density at radius 3 is 2.55 bits per heavy atom. The van der Waals surface area contributed by atoms with Crippen LogP contribution in [0.4, 0.5) is 0 Å². The SMILES string of the molecule is C=CC(=O)OCCCCc1ccc([SiH3])c(OC)c1OC. The summed E-state index contributed by atoms with van der Waals surface area (Å²) in [6, 6.07) is 4.17. The van der Waals surface area contributed by atoms with Crippen molar-refractivity contribution in [2.45, 2.75) is 19.3 Å². The van der Waals surface area contributed by atoms with Crippen LogP contribution in [-0.4, -0.2) is 37.0 Å². The summed E-state index contributed by atoms with van der Waals surface area (Å²) in [5.41, 5.74) is 1.12. The first-order valence-corrected chi connectivity index (χ1v) is 7.63. The molecule has 0 heterocycles. The Morgan fingerprint density at radius 2 is 1.95 bits per heavy atom. The normalized spacial score (nSPS) is 10.1. The van der Waals surface area contributed by atoms with Gasteiger partial charge in [-0.05, 0) is 30.0 Å². The molecule has 0 atom stereocenters. The molecule has 5 heteroatoms. The van der Waals surface area contributed by atoms with Gasteiger partial charge in [0.05, 0.1) is 20.8 Å². The first-order valence-electron chi connectivity index (χ1n) is 6.63. The van der Waals surface area contributed by atoms with E-state index in [-0.39, 0.29) is 5.97 Å². The van der Waals surface area contributed by atoms with E-state index in [1.54, 1.807) is 14.2 Å². The lowest BCUT2D eigenvalue weighted by Crippen LogP contribution is -2.10. The van der Waals surface area contributed by atoms with Crippen LogP contribution >= 0.6 is 0 Å². The summed E-state index contributed by atoms with van der Waals surface area (Å²) in [6.45, 7) is 3.78. The number of hydrogen-bond acceptors (Lipinski definition) is 4. The minimum Gasteiger partial charge on any atom is -0.493 e. The second kappa shape index (κ2) is 8.42. The molecule has 0 saturated heterocycles. The highest BCUT2D eigenvalue weighted by atomic mass is 28.1. The van der Waals surface area contributed by atoms with Crippen LogP contribution in [0.3, 0.4) is 0 Å². The molecule has 0 aromatic heterocycles. The van der Waals surface area contributed by atoms with Crippen molar-refractivity contribution >= 4 is 21.4 Å². The van der Waals surface area contributed by atoms with E-state index >= 15 is 0 Å². The fourth-order valence-corrected chi connectivity index (χ4v) is 2.62. The lowest BCUT2D eigenvalue weighted by molar-refractivity contribution is -0.137. The fraction of sp³-hybridized carbons (Fsp3) is 0.400. The summed E-state index contributed by atoms with van der Waals surface area (Å²) in [5, 5.41) is 1.19. The lowest BCUT2D eigenvalue weighted by Gasteiger charge is -2.15. The summed E-state index contributed by atoms with van der Waals surface area (Å²) < 4.78 is 15.8. The molecule has 0 N–H and O–H groups in total. The van der Waals surface area contributed by atoms with Crippen LogP contribution in [0.2, 0.25) is 0 Å². The van der Waals surface area contributed by atoms with Crippen LogP contribution < -0.4 is 14.7 Å². The Bertz CT molecular complexity index is 471. The minimum atomic E-state index is -0.371. The second-order valence-electron chi connectivity index (χ2n) is 4.44. The lowest BCUT2D eigenvalue weighted by atomic mass is 10.1. The summed E-state index contributed by atoms with van der Waals surface area (Å²) in [6.07, 6.45) is 3.78. The first-order chi connectivity index (χ1) is 9.63. The van der Waals surface area contributed by atoms with Crippen molar-refractivity contribution in [3.63, 3.8) is 0 Å². The predicted molar refractivity (Wildman–Crippen MR) is 83.2 cm³/mol. The summed E-state index contributed by atoms with van der Waals surface area (Å²) >= 11 is 0. The molecule has 0 fully saturated rings. The topological polar surface area (TPSA) is 44.8 Å². The van der Waals surface area contributed by atoms with Crippen molar-refractivity contribution in [3.8, 4) is 11.5 Å². The second-order valence-corrected chi connectivity index (χ2v) is 5.51. The average Bonchev–Trinajstić information content (AvgIpc) is 2.47. The number of carbonyl (C=O) groups is 1. The van der Waals surface area contributed by atoms with Gasteiger partial charge in [0.2, 0.25) is 0 Å². The Balaban J connectivity index is 2.56. The third kappa shape index (κ3) is 4.42. The summed E-state index contributed by atoms with van der Waals surface area (Å²) in [4.78, 5) is 10.9. The number of carbonyl (C=O) groups excluding carboxylic acids is 1. The van der Waals surface area contributed by atoms with Crippen molar-refractivity contribution < 1.29 is 19.0 Å². The van der Waals surface area contributed by atoms with Crippen LogP contribution in [0.25, 0.3) is 0 Å². The van der Waals surface area contributed by atoms with E-state index in [0.717, 1.165) is 46.6 Å². The minimum absolute atomic E-state index is 0.371. The molecule has 110 valence electrons. The molecule has 0 unspecified atom stereocenters. The third-order valence-electron chi connectivity index (χ3n) is 3.05. The third-order valence-corrected chi connectivity index (χ3v) is 3.84. The highest BCUT2D eigenvalue weighted by molar-refractivity contribution is 6.34. The molecule has 20 heavy (non-hydrogen) atoms. The number of ether oxygens (including phenoxy) is 3. The van der Waals surface area contributed by atoms with Crippen LogP contribution in [0.5, 0.6) is 11.5 Å². The van der Waals surface area contributed by atoms with Gasteiger partial charge >= 0.3 is 5.97 Å². The highest BCUT2D eigenvalue weighted by Gasteiger charge is 2.12. The zero-order valence-electron chi connectivity index (χ0n) is 12.4. The van der Waals surface area contributed by atoms with Gasteiger partial charge in [-0.15, -0.1) is 0 Å². The molecular formula is C15H22O4Si. The van der Waals surface area contributed by atoms with E-state index in [4.69, 9.17) is 14.2 Å². The monoisotopic (exact) mass is 294 g/mol. The van der Waals surface area contributed by atoms with Gasteiger partial charge in [-0.2, -0.15) is 0 Å². The fourth-order valence-electron chi connectivity index (χ4n) is 2.03. The first kappa shape index (κ1) is 16.3. The van der Waals surface area contributed by atoms with Gasteiger partial charge in [-0.3, -0.25) is 0 Å². The number of methoxy groups -OCH3 is 2. The number of rotatable bonds is 8. The van der Waals surface area contributed by atoms with Gasteiger partial charge in [0.1, 0.15) is 0 Å². The van der Waals surface area contributed by atoms with E-state index < -0.39 is 0 Å². The number of esters is 1. The van der Waals surface area contributed by atoms with Gasteiger partial charge in [0.25, 0.3) is 0 Å². The molecule has 0 saturated carbocycles. The van der Waals surface area contributed by atoms with Crippen LogP contribution in [0, 0.1) is 0 Å². The van der Waals surface area contributed by atoms with Crippen molar-refractivity contribution in [2.75, 3.05) is 20.8 Å². The van der Waals surface area contributed by atoms with Crippen molar-refractivity contribution in [3.05, 3.63) is 30.4 Å². The number of unbranched alkanes of at least 4 members (excludes halogenated alkanes) is 1. The molecule has 0 aliphatic rings. The number of aryl methyl sites for hydroxylation is 1. The van der Waals surface area contributed by atoms with Gasteiger partial charge in [0, 0.05) is 16.3 Å². The van der Waals surface area contributed by atoms with Gasteiger partial charge in [-0.1, -0.05) is 18.7 Å². The number of hydrogen-bond donors (Lipinski definition) is 0. The number of benzene rings is 1. The van der Waals surface area contributed by atoms with Gasteiger partial charge in [-0.25, -0.2) is 4.79 Å². The van der Waals surface area contributed by atoms with E-state index in [9.17, 15) is 4.79 Å². The smallest absolute Gasteiger partial charge is 0.330 e. The zero-order valence-corrected chi connectivity index (χ0v) is 14.4. The molecule has 0 aliphatic heterocycles. The van der Waals surface area contributed by atoms with Crippen LogP contribution in [-0.2, 0) is 16.0 Å². The van der Waals surface area contributed by atoms with E-state index in [2.05, 4.69) is 18.7 Å². The van der Waals surface area contributed by atoms with Crippen LogP contribution in [0.15, 0.2) is 24.8 Å². The Labute approximate surface area is 123 Å². The quantitative estimate of drug-likeness (QED) is 0.307. The highest BCUT2D eigenvalue weighted by Crippen LogP contribution is 2.29. The van der Waals surface area contributed by atoms with Crippen LogP contribution in [0.1, 0.15) is 18.4 Å². The Morgan fingerprint density at radius 1 is 1.25 bits per heavy atom. The standard InChI is InChI=1S/C15H22O4Si/c1-4-13(16)19-10-6-5-7-11-8-9-12(20)15(18-3)14(11)17-2/h4,8-9H,1,5-7,10H2,2-3,20H3. The molecule has 1 aromatic carbocycles. The summed E-state index contributed by atoms with van der Waals surface area (Å²) in [7, 11) is 4.24. The maximum atomic E-state index is 10.9. The molecule has 0 bridgehead atoms. The molecule has 4 nitrogen and oxygen atoms in total.